The van der Waals surface area contributed by atoms with Crippen LogP contribution in [0.15, 0.2) is 77.7 Å². The number of hydrogen-bond donors (Lipinski definition) is 1. The molecule has 1 heterocycles. The van der Waals surface area contributed by atoms with Crippen molar-refractivity contribution in [1.29, 1.82) is 0 Å². The quantitative estimate of drug-likeness (QED) is 0.352. The smallest absolute Gasteiger partial charge is 0.270 e. The lowest BCUT2D eigenvalue weighted by Gasteiger charge is -2.14. The van der Waals surface area contributed by atoms with Crippen LogP contribution in [0.25, 0.3) is 6.08 Å². The van der Waals surface area contributed by atoms with Crippen LogP contribution in [0.1, 0.15) is 11.1 Å². The SMILES string of the molecule is COc1ccc(N2C(=O)/C(=C\c3ccc(OCC(=O)Nc4ccccc4C)cc3)SC2=S)cc1. The fourth-order valence-corrected chi connectivity index (χ4v) is 4.58. The third-order valence-electron chi connectivity index (χ3n) is 5.09. The van der Waals surface area contributed by atoms with Gasteiger partial charge in [-0.1, -0.05) is 54.3 Å². The lowest BCUT2D eigenvalue weighted by Crippen LogP contribution is -2.27. The van der Waals surface area contributed by atoms with Crippen LogP contribution >= 0.6 is 24.0 Å². The Morgan fingerprint density at radius 2 is 1.71 bits per heavy atom. The van der Waals surface area contributed by atoms with Crippen molar-refractivity contribution in [1.82, 2.24) is 0 Å². The zero-order chi connectivity index (χ0) is 24.1. The molecule has 2 amide bonds. The second-order valence-electron chi connectivity index (χ2n) is 7.44. The van der Waals surface area contributed by atoms with E-state index in [1.54, 1.807) is 49.6 Å². The van der Waals surface area contributed by atoms with E-state index in [0.717, 1.165) is 16.8 Å². The molecule has 4 rings (SSSR count). The van der Waals surface area contributed by atoms with Crippen molar-refractivity contribution in [3.8, 4) is 11.5 Å². The summed E-state index contributed by atoms with van der Waals surface area (Å²) in [5.41, 5.74) is 3.27. The Balaban J connectivity index is 1.37. The molecule has 1 aliphatic heterocycles. The third kappa shape index (κ3) is 5.47. The highest BCUT2D eigenvalue weighted by atomic mass is 32.2. The Kier molecular flexibility index (Phi) is 7.30. The number of hydrogen-bond acceptors (Lipinski definition) is 6. The van der Waals surface area contributed by atoms with E-state index < -0.39 is 0 Å². The Hall–Kier alpha value is -3.62. The maximum atomic E-state index is 12.9. The highest BCUT2D eigenvalue weighted by molar-refractivity contribution is 8.27. The zero-order valence-corrected chi connectivity index (χ0v) is 20.2. The van der Waals surface area contributed by atoms with Gasteiger partial charge >= 0.3 is 0 Å². The van der Waals surface area contributed by atoms with E-state index in [1.165, 1.54) is 16.7 Å². The van der Waals surface area contributed by atoms with Crippen molar-refractivity contribution < 1.29 is 19.1 Å². The van der Waals surface area contributed by atoms with Crippen LogP contribution in [0.2, 0.25) is 0 Å². The van der Waals surface area contributed by atoms with Gasteiger partial charge in [0.1, 0.15) is 11.5 Å². The summed E-state index contributed by atoms with van der Waals surface area (Å²) in [4.78, 5) is 27.2. The van der Waals surface area contributed by atoms with Crippen molar-refractivity contribution in [2.45, 2.75) is 6.92 Å². The number of carbonyl (C=O) groups is 2. The van der Waals surface area contributed by atoms with Crippen LogP contribution in [0.5, 0.6) is 11.5 Å². The first-order valence-corrected chi connectivity index (χ1v) is 11.7. The number of methoxy groups -OCH3 is 1. The minimum absolute atomic E-state index is 0.103. The molecule has 0 saturated carbocycles. The van der Waals surface area contributed by atoms with E-state index in [0.29, 0.717) is 26.4 Å². The topological polar surface area (TPSA) is 67.9 Å². The Bertz CT molecular complexity index is 1250. The molecule has 172 valence electrons. The number of ether oxygens (including phenoxy) is 2. The summed E-state index contributed by atoms with van der Waals surface area (Å²) in [5.74, 6) is 0.858. The number of aryl methyl sites for hydroxylation is 1. The number of carbonyl (C=O) groups excluding carboxylic acids is 2. The van der Waals surface area contributed by atoms with E-state index in [-0.39, 0.29) is 18.4 Å². The molecule has 1 fully saturated rings. The van der Waals surface area contributed by atoms with Crippen molar-refractivity contribution in [3.63, 3.8) is 0 Å². The van der Waals surface area contributed by atoms with E-state index in [2.05, 4.69) is 5.32 Å². The molecule has 34 heavy (non-hydrogen) atoms. The minimum Gasteiger partial charge on any atom is -0.497 e. The number of anilines is 2. The predicted molar refractivity (Wildman–Crippen MR) is 140 cm³/mol. The van der Waals surface area contributed by atoms with Crippen LogP contribution in [-0.4, -0.2) is 29.9 Å². The number of amides is 2. The zero-order valence-electron chi connectivity index (χ0n) is 18.6. The second kappa shape index (κ2) is 10.5. The van der Waals surface area contributed by atoms with Gasteiger partial charge in [0.15, 0.2) is 10.9 Å². The molecular formula is C26H22N2O4S2. The third-order valence-corrected chi connectivity index (χ3v) is 6.39. The largest absolute Gasteiger partial charge is 0.497 e. The lowest BCUT2D eigenvalue weighted by molar-refractivity contribution is -0.118. The number of nitrogens with one attached hydrogen (secondary N) is 1. The van der Waals surface area contributed by atoms with Gasteiger partial charge in [-0.2, -0.15) is 0 Å². The van der Waals surface area contributed by atoms with Crippen LogP contribution in [0.4, 0.5) is 11.4 Å². The highest BCUT2D eigenvalue weighted by Gasteiger charge is 2.33. The molecule has 0 spiro atoms. The molecule has 0 aromatic heterocycles. The molecule has 3 aromatic rings. The number of benzene rings is 3. The van der Waals surface area contributed by atoms with Gasteiger partial charge in [-0.25, -0.2) is 0 Å². The molecule has 0 aliphatic carbocycles. The van der Waals surface area contributed by atoms with Gasteiger partial charge in [-0.15, -0.1) is 0 Å². The van der Waals surface area contributed by atoms with Gasteiger partial charge in [0, 0.05) is 5.69 Å². The van der Waals surface area contributed by atoms with Gasteiger partial charge < -0.3 is 14.8 Å². The fraction of sp³-hybridized carbons (Fsp3) is 0.115. The van der Waals surface area contributed by atoms with Crippen LogP contribution in [0.3, 0.4) is 0 Å². The fourth-order valence-electron chi connectivity index (χ4n) is 3.28. The number of para-hydroxylation sites is 1. The maximum Gasteiger partial charge on any atom is 0.270 e. The minimum atomic E-state index is -0.236. The first kappa shape index (κ1) is 23.5. The number of thioether (sulfide) groups is 1. The van der Waals surface area contributed by atoms with Crippen LogP contribution in [-0.2, 0) is 9.59 Å². The number of nitrogens with zero attached hydrogens (tertiary/aromatic N) is 1. The molecule has 0 unspecified atom stereocenters. The average Bonchev–Trinajstić information content (AvgIpc) is 3.12. The molecule has 3 aromatic carbocycles. The van der Waals surface area contributed by atoms with E-state index in [9.17, 15) is 9.59 Å². The molecule has 0 atom stereocenters. The van der Waals surface area contributed by atoms with Gasteiger partial charge in [-0.3, -0.25) is 14.5 Å². The molecule has 8 heteroatoms. The highest BCUT2D eigenvalue weighted by Crippen LogP contribution is 2.36. The standard InChI is InChI=1S/C26H22N2O4S2/c1-17-5-3-4-6-22(17)27-24(29)16-32-21-11-7-18(8-12-21)15-23-25(30)28(26(33)34-23)19-9-13-20(31-2)14-10-19/h3-15H,16H2,1-2H3,(H,27,29)/b23-15+. The van der Waals surface area contributed by atoms with Gasteiger partial charge in [-0.05, 0) is 66.6 Å². The summed E-state index contributed by atoms with van der Waals surface area (Å²) < 4.78 is 11.2. The first-order chi connectivity index (χ1) is 16.4. The number of thiocarbonyl (C=S) groups is 1. The van der Waals surface area contributed by atoms with Gasteiger partial charge in [0.25, 0.3) is 11.8 Å². The average molecular weight is 491 g/mol. The number of rotatable bonds is 7. The summed E-state index contributed by atoms with van der Waals surface area (Å²) in [6.07, 6.45) is 1.79. The Morgan fingerprint density at radius 1 is 1.03 bits per heavy atom. The molecule has 1 N–H and O–H groups in total. The van der Waals surface area contributed by atoms with Crippen molar-refractivity contribution in [3.05, 3.63) is 88.8 Å². The molecule has 6 nitrogen and oxygen atoms in total. The van der Waals surface area contributed by atoms with Crippen molar-refractivity contribution in [2.24, 2.45) is 0 Å². The maximum absolute atomic E-state index is 12.9. The molecule has 0 radical (unpaired) electrons. The Morgan fingerprint density at radius 3 is 2.38 bits per heavy atom. The Labute approximate surface area is 207 Å². The monoisotopic (exact) mass is 490 g/mol. The normalized spacial score (nSPS) is 14.4. The summed E-state index contributed by atoms with van der Waals surface area (Å²) in [7, 11) is 1.59. The molecule has 1 saturated heterocycles. The van der Waals surface area contributed by atoms with Crippen molar-refractivity contribution >= 4 is 57.6 Å². The van der Waals surface area contributed by atoms with Crippen molar-refractivity contribution in [2.75, 3.05) is 23.9 Å². The van der Waals surface area contributed by atoms with Crippen LogP contribution < -0.4 is 19.7 Å². The summed E-state index contributed by atoms with van der Waals surface area (Å²) in [6.45, 7) is 1.83. The molecule has 1 aliphatic rings. The summed E-state index contributed by atoms with van der Waals surface area (Å²) in [6, 6.07) is 21.9. The van der Waals surface area contributed by atoms with E-state index >= 15 is 0 Å². The van der Waals surface area contributed by atoms with Crippen LogP contribution in [0, 0.1) is 6.92 Å². The van der Waals surface area contributed by atoms with E-state index in [4.69, 9.17) is 21.7 Å². The lowest BCUT2D eigenvalue weighted by atomic mass is 10.2. The summed E-state index contributed by atoms with van der Waals surface area (Å²) in [5, 5.41) is 2.84. The molecular weight excluding hydrogens is 468 g/mol. The first-order valence-electron chi connectivity index (χ1n) is 10.4. The van der Waals surface area contributed by atoms with Gasteiger partial charge in [0.2, 0.25) is 0 Å². The molecule has 0 bridgehead atoms. The predicted octanol–water partition coefficient (Wildman–Crippen LogP) is 5.43. The van der Waals surface area contributed by atoms with Gasteiger partial charge in [0.05, 0.1) is 17.7 Å². The second-order valence-corrected chi connectivity index (χ2v) is 9.11. The summed E-state index contributed by atoms with van der Waals surface area (Å²) >= 11 is 6.68. The van der Waals surface area contributed by atoms with E-state index in [1.807, 2.05) is 43.3 Å².